The van der Waals surface area contributed by atoms with Crippen LogP contribution in [0.3, 0.4) is 0 Å². The molecule has 6 nitrogen and oxygen atoms in total. The Morgan fingerprint density at radius 2 is 1.90 bits per heavy atom. The van der Waals surface area contributed by atoms with Crippen LogP contribution in [0, 0.1) is 5.92 Å². The van der Waals surface area contributed by atoms with E-state index in [9.17, 15) is 9.59 Å². The van der Waals surface area contributed by atoms with E-state index in [-0.39, 0.29) is 17.9 Å². The van der Waals surface area contributed by atoms with Crippen molar-refractivity contribution < 1.29 is 9.59 Å². The van der Waals surface area contributed by atoms with Crippen molar-refractivity contribution >= 4 is 33.2 Å². The minimum atomic E-state index is -0.0632. The molecule has 3 aromatic rings. The minimum absolute atomic E-state index is 0.0389. The third kappa shape index (κ3) is 4.82. The maximum absolute atomic E-state index is 12.9. The molecule has 2 amide bonds. The molecule has 0 unspecified atom stereocenters. The van der Waals surface area contributed by atoms with E-state index in [4.69, 9.17) is 0 Å². The first-order valence-electron chi connectivity index (χ1n) is 11.0. The van der Waals surface area contributed by atoms with E-state index in [1.165, 1.54) is 15.6 Å². The fourth-order valence-electron chi connectivity index (χ4n) is 4.50. The summed E-state index contributed by atoms with van der Waals surface area (Å²) in [4.78, 5) is 26.1. The van der Waals surface area contributed by atoms with Gasteiger partial charge in [0, 0.05) is 30.5 Å². The third-order valence-electron chi connectivity index (χ3n) is 6.03. The van der Waals surface area contributed by atoms with Gasteiger partial charge in [-0.05, 0) is 68.4 Å². The minimum Gasteiger partial charge on any atom is -0.352 e. The molecule has 1 aliphatic rings. The van der Waals surface area contributed by atoms with Crippen LogP contribution in [-0.4, -0.2) is 34.2 Å². The fraction of sp³-hybridized carbons (Fsp3) is 0.458. The van der Waals surface area contributed by atoms with Crippen LogP contribution < -0.4 is 10.6 Å². The van der Waals surface area contributed by atoms with Gasteiger partial charge in [-0.15, -0.1) is 11.3 Å². The van der Waals surface area contributed by atoms with Gasteiger partial charge in [0.15, 0.2) is 0 Å². The summed E-state index contributed by atoms with van der Waals surface area (Å²) < 4.78 is 2.82. The number of carbonyl (C=O) groups excluding carboxylic acids is 2. The number of nitrogens with one attached hydrogen (secondary N) is 2. The van der Waals surface area contributed by atoms with Crippen molar-refractivity contribution in [2.75, 3.05) is 6.54 Å². The monoisotopic (exact) mass is 438 g/mol. The smallest absolute Gasteiger partial charge is 0.261 e. The second-order valence-electron chi connectivity index (χ2n) is 8.80. The molecule has 0 aliphatic heterocycles. The van der Waals surface area contributed by atoms with Crippen LogP contribution in [0.15, 0.2) is 36.7 Å². The number of rotatable bonds is 6. The van der Waals surface area contributed by atoms with Gasteiger partial charge >= 0.3 is 0 Å². The molecule has 2 heterocycles. The molecule has 1 aromatic carbocycles. The molecule has 0 spiro atoms. The summed E-state index contributed by atoms with van der Waals surface area (Å²) in [6.07, 6.45) is 7.50. The number of amides is 2. The van der Waals surface area contributed by atoms with Crippen molar-refractivity contribution in [2.45, 2.75) is 51.5 Å². The molecule has 0 bridgehead atoms. The average molecular weight is 439 g/mol. The first kappa shape index (κ1) is 21.6. The fourth-order valence-corrected chi connectivity index (χ4v) is 5.69. The molecule has 1 aliphatic carbocycles. The third-order valence-corrected chi connectivity index (χ3v) is 7.22. The highest BCUT2D eigenvalue weighted by Gasteiger charge is 2.29. The molecule has 2 aromatic heterocycles. The van der Waals surface area contributed by atoms with Crippen LogP contribution in [0.25, 0.3) is 10.1 Å². The molecule has 2 N–H and O–H groups in total. The average Bonchev–Trinajstić information content (AvgIpc) is 3.36. The van der Waals surface area contributed by atoms with Crippen LogP contribution in [0.4, 0.5) is 0 Å². The van der Waals surface area contributed by atoms with E-state index in [0.29, 0.717) is 23.9 Å². The Morgan fingerprint density at radius 1 is 1.16 bits per heavy atom. The zero-order valence-corrected chi connectivity index (χ0v) is 19.2. The number of hydrogen-bond donors (Lipinski definition) is 2. The van der Waals surface area contributed by atoms with Gasteiger partial charge in [0.2, 0.25) is 0 Å². The number of benzene rings is 1. The Hall–Kier alpha value is -2.67. The summed E-state index contributed by atoms with van der Waals surface area (Å²) in [5.74, 6) is 0.827. The molecule has 7 heteroatoms. The SMILES string of the molecule is CC(C)NC(=O)c1sc2ccccc2c1C1CCC(CNC(=O)c2cnn(C)c2)CC1. The van der Waals surface area contributed by atoms with Crippen LogP contribution >= 0.6 is 11.3 Å². The van der Waals surface area contributed by atoms with E-state index in [2.05, 4.69) is 33.9 Å². The standard InChI is InChI=1S/C24H30N4O2S/c1-15(2)27-24(30)22-21(19-6-4-5-7-20(19)31-22)17-10-8-16(9-11-17)12-25-23(29)18-13-26-28(3)14-18/h4-7,13-17H,8-12H2,1-3H3,(H,25,29)(H,27,30). The summed E-state index contributed by atoms with van der Waals surface area (Å²) in [6, 6.07) is 8.46. The van der Waals surface area contributed by atoms with Crippen LogP contribution in [0.2, 0.25) is 0 Å². The number of fused-ring (bicyclic) bond motifs is 1. The number of aromatic nitrogens is 2. The van der Waals surface area contributed by atoms with Gasteiger partial charge in [0.1, 0.15) is 0 Å². The Bertz CT molecular complexity index is 1080. The zero-order valence-electron chi connectivity index (χ0n) is 18.4. The quantitative estimate of drug-likeness (QED) is 0.596. The zero-order chi connectivity index (χ0) is 22.0. The van der Waals surface area contributed by atoms with Crippen molar-refractivity contribution in [2.24, 2.45) is 13.0 Å². The van der Waals surface area contributed by atoms with Crippen molar-refractivity contribution in [1.82, 2.24) is 20.4 Å². The van der Waals surface area contributed by atoms with Gasteiger partial charge < -0.3 is 10.6 Å². The maximum Gasteiger partial charge on any atom is 0.261 e. The molecule has 1 fully saturated rings. The number of thiophene rings is 1. The highest BCUT2D eigenvalue weighted by atomic mass is 32.1. The van der Waals surface area contributed by atoms with Gasteiger partial charge in [-0.2, -0.15) is 5.10 Å². The molecule has 0 saturated heterocycles. The summed E-state index contributed by atoms with van der Waals surface area (Å²) in [5, 5.41) is 11.4. The normalized spacial score (nSPS) is 19.0. The molecule has 31 heavy (non-hydrogen) atoms. The second-order valence-corrected chi connectivity index (χ2v) is 9.85. The van der Waals surface area contributed by atoms with E-state index in [1.807, 2.05) is 27.0 Å². The van der Waals surface area contributed by atoms with Crippen LogP contribution in [0.1, 0.15) is 71.0 Å². The lowest BCUT2D eigenvalue weighted by Crippen LogP contribution is -2.32. The summed E-state index contributed by atoms with van der Waals surface area (Å²) >= 11 is 1.61. The molecule has 0 atom stereocenters. The number of carbonyl (C=O) groups is 2. The Kier molecular flexibility index (Phi) is 6.41. The Balaban J connectivity index is 1.43. The number of nitrogens with zero attached hydrogens (tertiary/aromatic N) is 2. The second kappa shape index (κ2) is 9.22. The number of hydrogen-bond acceptors (Lipinski definition) is 4. The summed E-state index contributed by atoms with van der Waals surface area (Å²) in [5.41, 5.74) is 1.82. The largest absolute Gasteiger partial charge is 0.352 e. The topological polar surface area (TPSA) is 76.0 Å². The predicted octanol–water partition coefficient (Wildman–Crippen LogP) is 4.48. The van der Waals surface area contributed by atoms with Gasteiger partial charge in [-0.3, -0.25) is 14.3 Å². The lowest BCUT2D eigenvalue weighted by molar-refractivity contribution is 0.0933. The molecule has 0 radical (unpaired) electrons. The molecular formula is C24H30N4O2S. The maximum atomic E-state index is 12.9. The van der Waals surface area contributed by atoms with E-state index < -0.39 is 0 Å². The lowest BCUT2D eigenvalue weighted by Gasteiger charge is -2.29. The Labute approximate surface area is 187 Å². The van der Waals surface area contributed by atoms with E-state index >= 15 is 0 Å². The Morgan fingerprint density at radius 3 is 2.58 bits per heavy atom. The predicted molar refractivity (Wildman–Crippen MR) is 125 cm³/mol. The molecule has 1 saturated carbocycles. The van der Waals surface area contributed by atoms with Crippen LogP contribution in [0.5, 0.6) is 0 Å². The van der Waals surface area contributed by atoms with Crippen molar-refractivity contribution in [3.63, 3.8) is 0 Å². The first-order valence-corrected chi connectivity index (χ1v) is 11.8. The van der Waals surface area contributed by atoms with Crippen molar-refractivity contribution in [3.05, 3.63) is 52.7 Å². The van der Waals surface area contributed by atoms with Gasteiger partial charge in [-0.25, -0.2) is 0 Å². The van der Waals surface area contributed by atoms with Crippen molar-refractivity contribution in [3.8, 4) is 0 Å². The van der Waals surface area contributed by atoms with Gasteiger partial charge in [0.05, 0.1) is 16.6 Å². The summed E-state index contributed by atoms with van der Waals surface area (Å²) in [7, 11) is 1.81. The first-order chi connectivity index (χ1) is 14.9. The van der Waals surface area contributed by atoms with E-state index in [1.54, 1.807) is 28.4 Å². The molecular weight excluding hydrogens is 408 g/mol. The summed E-state index contributed by atoms with van der Waals surface area (Å²) in [6.45, 7) is 4.68. The van der Waals surface area contributed by atoms with E-state index in [0.717, 1.165) is 30.6 Å². The van der Waals surface area contributed by atoms with Gasteiger partial charge in [0.25, 0.3) is 11.8 Å². The highest BCUT2D eigenvalue weighted by Crippen LogP contribution is 2.43. The molecule has 4 rings (SSSR count). The number of aryl methyl sites for hydroxylation is 1. The lowest BCUT2D eigenvalue weighted by atomic mass is 9.77. The van der Waals surface area contributed by atoms with Crippen molar-refractivity contribution in [1.29, 1.82) is 0 Å². The van der Waals surface area contributed by atoms with Crippen LogP contribution in [-0.2, 0) is 7.05 Å². The molecule has 164 valence electrons. The van der Waals surface area contributed by atoms with Gasteiger partial charge in [-0.1, -0.05) is 18.2 Å². The highest BCUT2D eigenvalue weighted by molar-refractivity contribution is 7.21.